The molecule has 2 aromatic rings. The number of thiazole rings is 1. The predicted octanol–water partition coefficient (Wildman–Crippen LogP) is 1.89. The first-order valence-corrected chi connectivity index (χ1v) is 8.07. The largest absolute Gasteiger partial charge is 0.434 e. The van der Waals surface area contributed by atoms with E-state index in [1.165, 1.54) is 24.0 Å². The zero-order chi connectivity index (χ0) is 19.1. The number of dihydropyridines is 1. The molecule has 1 aliphatic heterocycles. The summed E-state index contributed by atoms with van der Waals surface area (Å²) in [4.78, 5) is 19.8. The maximum absolute atomic E-state index is 13.9. The number of nitrogens with zero attached hydrogens (tertiary/aromatic N) is 4. The summed E-state index contributed by atoms with van der Waals surface area (Å²) in [5.74, 6) is -0.679. The second-order valence-corrected chi connectivity index (χ2v) is 6.21. The Bertz CT molecular complexity index is 913. The Hall–Kier alpha value is -2.76. The minimum atomic E-state index is -4.59. The molecular formula is C14H12F4N6OS. The van der Waals surface area contributed by atoms with Gasteiger partial charge >= 0.3 is 6.18 Å². The van der Waals surface area contributed by atoms with Gasteiger partial charge in [0.2, 0.25) is 0 Å². The lowest BCUT2D eigenvalue weighted by Crippen LogP contribution is -2.34. The van der Waals surface area contributed by atoms with E-state index in [1.807, 2.05) is 0 Å². The van der Waals surface area contributed by atoms with E-state index >= 15 is 0 Å². The molecule has 1 amide bonds. The second-order valence-electron chi connectivity index (χ2n) is 5.35. The van der Waals surface area contributed by atoms with Crippen LogP contribution in [0, 0.1) is 0 Å². The molecule has 0 aliphatic carbocycles. The van der Waals surface area contributed by atoms with Crippen LogP contribution in [-0.2, 0) is 13.2 Å². The van der Waals surface area contributed by atoms with E-state index in [4.69, 9.17) is 5.73 Å². The van der Waals surface area contributed by atoms with Crippen molar-refractivity contribution in [1.82, 2.24) is 20.1 Å². The number of nitrogens with two attached hydrogens (primary N) is 1. The van der Waals surface area contributed by atoms with Crippen LogP contribution in [0.25, 0.3) is 10.6 Å². The molecule has 0 bridgehead atoms. The molecule has 0 aromatic carbocycles. The van der Waals surface area contributed by atoms with Crippen molar-refractivity contribution in [2.24, 2.45) is 17.8 Å². The number of nitrogens with one attached hydrogen (secondary N) is 1. The first kappa shape index (κ1) is 18.0. The molecule has 138 valence electrons. The number of hydrogen-bond acceptors (Lipinski definition) is 6. The van der Waals surface area contributed by atoms with E-state index in [9.17, 15) is 22.4 Å². The quantitative estimate of drug-likeness (QED) is 0.785. The van der Waals surface area contributed by atoms with E-state index < -0.39 is 23.9 Å². The van der Waals surface area contributed by atoms with Crippen LogP contribution in [0.5, 0.6) is 0 Å². The van der Waals surface area contributed by atoms with Crippen LogP contribution in [0.15, 0.2) is 28.3 Å². The van der Waals surface area contributed by atoms with Crippen molar-refractivity contribution >= 4 is 23.1 Å². The summed E-state index contributed by atoms with van der Waals surface area (Å²) < 4.78 is 53.3. The standard InChI is InChI=1S/C14H12F4N6OS/c1-24-11(12(25)22-8-2-10(19)20-4-7(8)15)6(3-21-24)13-23-9(5-26-13)14(16,17)18/h2-3,5,7H,4H2,1H3,(H2,19,20)(H,22,25). The molecule has 26 heavy (non-hydrogen) atoms. The molecule has 3 heterocycles. The molecule has 0 spiro atoms. The molecule has 0 saturated carbocycles. The monoisotopic (exact) mass is 388 g/mol. The molecule has 0 saturated heterocycles. The second kappa shape index (κ2) is 6.52. The molecule has 7 nitrogen and oxygen atoms in total. The third-order valence-corrected chi connectivity index (χ3v) is 4.39. The third-order valence-electron chi connectivity index (χ3n) is 3.51. The van der Waals surface area contributed by atoms with E-state index in [0.29, 0.717) is 0 Å². The Kier molecular flexibility index (Phi) is 4.52. The van der Waals surface area contributed by atoms with Crippen molar-refractivity contribution < 1.29 is 22.4 Å². The van der Waals surface area contributed by atoms with Gasteiger partial charge in [-0.3, -0.25) is 14.5 Å². The summed E-state index contributed by atoms with van der Waals surface area (Å²) in [6.45, 7) is -0.225. The molecule has 2 aromatic heterocycles. The number of aromatic nitrogens is 3. The zero-order valence-corrected chi connectivity index (χ0v) is 14.0. The lowest BCUT2D eigenvalue weighted by molar-refractivity contribution is -0.140. The van der Waals surface area contributed by atoms with Gasteiger partial charge in [-0.2, -0.15) is 18.3 Å². The van der Waals surface area contributed by atoms with Crippen molar-refractivity contribution in [3.05, 3.63) is 34.7 Å². The van der Waals surface area contributed by atoms with Crippen LogP contribution in [0.4, 0.5) is 17.6 Å². The van der Waals surface area contributed by atoms with Crippen molar-refractivity contribution in [1.29, 1.82) is 0 Å². The van der Waals surface area contributed by atoms with Crippen LogP contribution in [-0.4, -0.2) is 39.2 Å². The number of alkyl halides is 4. The first-order valence-electron chi connectivity index (χ1n) is 7.19. The highest BCUT2D eigenvalue weighted by Gasteiger charge is 2.34. The Labute approximate surface area is 148 Å². The smallest absolute Gasteiger partial charge is 0.384 e. The Morgan fingerprint density at radius 2 is 2.19 bits per heavy atom. The number of rotatable bonds is 3. The number of carbonyl (C=O) groups is 1. The van der Waals surface area contributed by atoms with E-state index in [2.05, 4.69) is 20.4 Å². The summed E-state index contributed by atoms with van der Waals surface area (Å²) >= 11 is 0.729. The predicted molar refractivity (Wildman–Crippen MR) is 86.3 cm³/mol. The highest BCUT2D eigenvalue weighted by atomic mass is 32.1. The van der Waals surface area contributed by atoms with Gasteiger partial charge in [-0.1, -0.05) is 0 Å². The lowest BCUT2D eigenvalue weighted by atomic mass is 10.2. The van der Waals surface area contributed by atoms with Gasteiger partial charge < -0.3 is 11.1 Å². The van der Waals surface area contributed by atoms with Gasteiger partial charge in [0.05, 0.1) is 24.0 Å². The summed E-state index contributed by atoms with van der Waals surface area (Å²) in [5.41, 5.74) is 4.42. The molecule has 1 unspecified atom stereocenters. The van der Waals surface area contributed by atoms with Gasteiger partial charge in [0.1, 0.15) is 16.5 Å². The zero-order valence-electron chi connectivity index (χ0n) is 13.2. The summed E-state index contributed by atoms with van der Waals surface area (Å²) in [6.07, 6.45) is -3.72. The van der Waals surface area contributed by atoms with Crippen molar-refractivity contribution in [2.45, 2.75) is 12.3 Å². The molecular weight excluding hydrogens is 376 g/mol. The number of halogens is 4. The van der Waals surface area contributed by atoms with Gasteiger partial charge in [-0.25, -0.2) is 9.37 Å². The maximum Gasteiger partial charge on any atom is 0.434 e. The molecule has 0 fully saturated rings. The number of amidine groups is 1. The number of aryl methyl sites for hydroxylation is 1. The average Bonchev–Trinajstić information content (AvgIpc) is 3.17. The Morgan fingerprint density at radius 3 is 2.85 bits per heavy atom. The van der Waals surface area contributed by atoms with Crippen LogP contribution < -0.4 is 11.1 Å². The minimum absolute atomic E-state index is 0.0222. The fourth-order valence-corrected chi connectivity index (χ4v) is 3.11. The van der Waals surface area contributed by atoms with Crippen LogP contribution in [0.2, 0.25) is 0 Å². The van der Waals surface area contributed by atoms with Crippen molar-refractivity contribution in [3.63, 3.8) is 0 Å². The van der Waals surface area contributed by atoms with Gasteiger partial charge in [0.15, 0.2) is 11.9 Å². The fraction of sp³-hybridized carbons (Fsp3) is 0.286. The number of hydrogen-bond donors (Lipinski definition) is 2. The number of amides is 1. The Morgan fingerprint density at radius 1 is 1.46 bits per heavy atom. The highest BCUT2D eigenvalue weighted by Crippen LogP contribution is 2.34. The Balaban J connectivity index is 1.92. The SMILES string of the molecule is Cn1ncc(-c2nc(C(F)(F)F)cs2)c1C(=O)NC1=CC(N)=NCC1F. The molecule has 3 rings (SSSR count). The van der Waals surface area contributed by atoms with Gasteiger partial charge in [0.25, 0.3) is 5.91 Å². The molecule has 1 aliphatic rings. The lowest BCUT2D eigenvalue weighted by Gasteiger charge is -2.17. The van der Waals surface area contributed by atoms with Crippen LogP contribution in [0.1, 0.15) is 16.2 Å². The number of aliphatic imine (C=N–C) groups is 1. The minimum Gasteiger partial charge on any atom is -0.384 e. The van der Waals surface area contributed by atoms with E-state index in [1.54, 1.807) is 0 Å². The van der Waals surface area contributed by atoms with Crippen LogP contribution >= 0.6 is 11.3 Å². The molecule has 12 heteroatoms. The summed E-state index contributed by atoms with van der Waals surface area (Å²) in [6, 6.07) is 0. The first-order chi connectivity index (χ1) is 12.2. The van der Waals surface area contributed by atoms with E-state index in [0.717, 1.165) is 16.7 Å². The molecule has 0 radical (unpaired) electrons. The fourth-order valence-electron chi connectivity index (χ4n) is 2.27. The van der Waals surface area contributed by atoms with Gasteiger partial charge in [-0.05, 0) is 0 Å². The van der Waals surface area contributed by atoms with Gasteiger partial charge in [-0.15, -0.1) is 11.3 Å². The topological polar surface area (TPSA) is 98.2 Å². The molecule has 1 atom stereocenters. The number of carbonyl (C=O) groups excluding carboxylic acids is 1. The van der Waals surface area contributed by atoms with Crippen LogP contribution in [0.3, 0.4) is 0 Å². The molecule has 3 N–H and O–H groups in total. The average molecular weight is 388 g/mol. The van der Waals surface area contributed by atoms with E-state index in [-0.39, 0.29) is 34.3 Å². The highest BCUT2D eigenvalue weighted by molar-refractivity contribution is 7.13. The maximum atomic E-state index is 13.9. The summed E-state index contributed by atoms with van der Waals surface area (Å²) in [5, 5.41) is 7.09. The third kappa shape index (κ3) is 3.45. The summed E-state index contributed by atoms with van der Waals surface area (Å²) in [7, 11) is 1.44. The normalized spacial score (nSPS) is 17.7. The van der Waals surface area contributed by atoms with Crippen molar-refractivity contribution in [2.75, 3.05) is 6.54 Å². The van der Waals surface area contributed by atoms with Crippen molar-refractivity contribution in [3.8, 4) is 10.6 Å². The van der Waals surface area contributed by atoms with Gasteiger partial charge in [0, 0.05) is 18.5 Å².